The van der Waals surface area contributed by atoms with Gasteiger partial charge in [-0.25, -0.2) is 4.79 Å². The van der Waals surface area contributed by atoms with Gasteiger partial charge in [-0.1, -0.05) is 42.5 Å². The van der Waals surface area contributed by atoms with Crippen LogP contribution in [0.2, 0.25) is 0 Å². The second-order valence-corrected chi connectivity index (χ2v) is 8.01. The van der Waals surface area contributed by atoms with Crippen LogP contribution in [0, 0.1) is 6.92 Å². The van der Waals surface area contributed by atoms with Crippen molar-refractivity contribution in [3.8, 4) is 11.5 Å². The van der Waals surface area contributed by atoms with E-state index in [4.69, 9.17) is 13.9 Å². The Balaban J connectivity index is 1.22. The number of benzene rings is 2. The highest BCUT2D eigenvalue weighted by molar-refractivity contribution is 5.76. The molecule has 0 bridgehead atoms. The molecule has 0 unspecified atom stereocenters. The molecule has 1 fully saturated rings. The average Bonchev–Trinajstić information content (AvgIpc) is 3.25. The lowest BCUT2D eigenvalue weighted by atomic mass is 10.1. The number of ether oxygens (including phenoxy) is 2. The van der Waals surface area contributed by atoms with Gasteiger partial charge in [-0.3, -0.25) is 4.79 Å². The Kier molecular flexibility index (Phi) is 6.90. The zero-order valence-corrected chi connectivity index (χ0v) is 18.2. The minimum atomic E-state index is -0.428. The van der Waals surface area contributed by atoms with Crippen LogP contribution in [0.25, 0.3) is 0 Å². The third-order valence-electron chi connectivity index (χ3n) is 5.47. The highest BCUT2D eigenvalue weighted by Gasteiger charge is 2.27. The number of carbonyl (C=O) groups excluding carboxylic acids is 1. The Morgan fingerprint density at radius 3 is 2.56 bits per heavy atom. The summed E-state index contributed by atoms with van der Waals surface area (Å²) in [6.07, 6.45) is 1.77. The highest BCUT2D eigenvalue weighted by Crippen LogP contribution is 2.20. The van der Waals surface area contributed by atoms with Crippen LogP contribution in [-0.4, -0.2) is 30.0 Å². The van der Waals surface area contributed by atoms with Gasteiger partial charge in [0.25, 0.3) is 0 Å². The van der Waals surface area contributed by atoms with E-state index in [9.17, 15) is 9.59 Å². The largest absolute Gasteiger partial charge is 0.489 e. The number of hydrogen-bond donors (Lipinski definition) is 0. The molecule has 6 heteroatoms. The quantitative estimate of drug-likeness (QED) is 0.534. The monoisotopic (exact) mass is 433 g/mol. The molecule has 4 rings (SSSR count). The van der Waals surface area contributed by atoms with Crippen molar-refractivity contribution in [2.45, 2.75) is 38.9 Å². The van der Waals surface area contributed by atoms with Crippen LogP contribution in [0.3, 0.4) is 0 Å². The molecular weight excluding hydrogens is 406 g/mol. The molecule has 0 spiro atoms. The van der Waals surface area contributed by atoms with Crippen molar-refractivity contribution in [1.29, 1.82) is 0 Å². The third kappa shape index (κ3) is 6.00. The van der Waals surface area contributed by atoms with E-state index >= 15 is 0 Å². The van der Waals surface area contributed by atoms with Crippen molar-refractivity contribution in [3.63, 3.8) is 0 Å². The maximum atomic E-state index is 12.6. The molecule has 1 aromatic heterocycles. The molecule has 0 radical (unpaired) electrons. The first-order valence-corrected chi connectivity index (χ1v) is 10.9. The topological polar surface area (TPSA) is 69.0 Å². The molecule has 0 saturated carbocycles. The lowest BCUT2D eigenvalue weighted by Crippen LogP contribution is -2.31. The maximum absolute atomic E-state index is 12.6. The number of carbonyl (C=O) groups is 1. The number of hydrogen-bond acceptors (Lipinski definition) is 5. The molecule has 0 N–H and O–H groups in total. The molecule has 2 aromatic carbocycles. The van der Waals surface area contributed by atoms with Gasteiger partial charge < -0.3 is 18.8 Å². The lowest BCUT2D eigenvalue weighted by molar-refractivity contribution is -0.130. The summed E-state index contributed by atoms with van der Waals surface area (Å²) < 4.78 is 16.6. The second kappa shape index (κ2) is 10.2. The number of amides is 1. The van der Waals surface area contributed by atoms with Crippen molar-refractivity contribution in [3.05, 3.63) is 94.0 Å². The van der Waals surface area contributed by atoms with Gasteiger partial charge in [0.2, 0.25) is 5.91 Å². The van der Waals surface area contributed by atoms with Crippen molar-refractivity contribution in [2.24, 2.45) is 0 Å². The summed E-state index contributed by atoms with van der Waals surface area (Å²) in [7, 11) is 0. The van der Waals surface area contributed by atoms with Gasteiger partial charge in [0.05, 0.1) is 12.6 Å². The van der Waals surface area contributed by atoms with Crippen LogP contribution in [0.1, 0.15) is 29.7 Å². The summed E-state index contributed by atoms with van der Waals surface area (Å²) in [4.78, 5) is 25.9. The minimum absolute atomic E-state index is 0.110. The van der Waals surface area contributed by atoms with Crippen molar-refractivity contribution < 1.29 is 18.7 Å². The smallest absolute Gasteiger partial charge is 0.339 e. The van der Waals surface area contributed by atoms with E-state index in [1.54, 1.807) is 13.0 Å². The molecule has 0 aliphatic carbocycles. The first-order chi connectivity index (χ1) is 15.5. The standard InChI is InChI=1S/C26H27NO5/c1-19-15-24(16-26(29)31-19)32-23-13-14-27(17-23)25(28)12-9-20-7-10-22(11-8-20)30-18-21-5-3-2-4-6-21/h2-8,10-11,15-16,23H,9,12-14,17-18H2,1H3/t23-/m0/s1. The maximum Gasteiger partial charge on any atom is 0.339 e. The van der Waals surface area contributed by atoms with Crippen molar-refractivity contribution >= 4 is 5.91 Å². The molecule has 6 nitrogen and oxygen atoms in total. The molecule has 1 aliphatic heterocycles. The van der Waals surface area contributed by atoms with Crippen molar-refractivity contribution in [2.75, 3.05) is 13.1 Å². The Bertz CT molecular complexity index is 1090. The van der Waals surface area contributed by atoms with Gasteiger partial charge in [-0.15, -0.1) is 0 Å². The molecule has 166 valence electrons. The van der Waals surface area contributed by atoms with E-state index in [0.717, 1.165) is 23.3 Å². The summed E-state index contributed by atoms with van der Waals surface area (Å²) in [6, 6.07) is 21.0. The summed E-state index contributed by atoms with van der Waals surface area (Å²) in [5.74, 6) is 1.93. The number of likely N-dealkylation sites (tertiary alicyclic amines) is 1. The first kappa shape index (κ1) is 21.7. The fourth-order valence-electron chi connectivity index (χ4n) is 3.79. The lowest BCUT2D eigenvalue weighted by Gasteiger charge is -2.17. The van der Waals surface area contributed by atoms with Crippen LogP contribution in [0.5, 0.6) is 11.5 Å². The highest BCUT2D eigenvalue weighted by atomic mass is 16.5. The summed E-state index contributed by atoms with van der Waals surface area (Å²) in [6.45, 7) is 3.44. The zero-order chi connectivity index (χ0) is 22.3. The molecule has 3 aromatic rings. The Morgan fingerprint density at radius 1 is 1.03 bits per heavy atom. The Morgan fingerprint density at radius 2 is 1.81 bits per heavy atom. The number of rotatable bonds is 8. The van der Waals surface area contributed by atoms with Crippen LogP contribution in [0.15, 0.2) is 75.9 Å². The normalized spacial score (nSPS) is 15.5. The molecule has 1 amide bonds. The first-order valence-electron chi connectivity index (χ1n) is 10.9. The van der Waals surface area contributed by atoms with E-state index in [1.807, 2.05) is 59.5 Å². The third-order valence-corrected chi connectivity index (χ3v) is 5.47. The van der Waals surface area contributed by atoms with Gasteiger partial charge in [0, 0.05) is 25.5 Å². The van der Waals surface area contributed by atoms with E-state index in [2.05, 4.69) is 0 Å². The van der Waals surface area contributed by atoms with Crippen LogP contribution in [-0.2, 0) is 17.8 Å². The Hall–Kier alpha value is -3.54. The average molecular weight is 434 g/mol. The van der Waals surface area contributed by atoms with E-state index in [-0.39, 0.29) is 12.0 Å². The van der Waals surface area contributed by atoms with Crippen LogP contribution >= 0.6 is 0 Å². The van der Waals surface area contributed by atoms with Gasteiger partial charge >= 0.3 is 5.63 Å². The van der Waals surface area contributed by atoms with E-state index in [0.29, 0.717) is 44.0 Å². The predicted octanol–water partition coefficient (Wildman–Crippen LogP) is 4.14. The molecular formula is C26H27NO5. The summed E-state index contributed by atoms with van der Waals surface area (Å²) >= 11 is 0. The summed E-state index contributed by atoms with van der Waals surface area (Å²) in [5.41, 5.74) is 1.80. The van der Waals surface area contributed by atoms with Crippen LogP contribution < -0.4 is 15.1 Å². The molecule has 2 heterocycles. The minimum Gasteiger partial charge on any atom is -0.489 e. The number of nitrogens with zero attached hydrogens (tertiary/aromatic N) is 1. The molecule has 1 saturated heterocycles. The SMILES string of the molecule is Cc1cc(O[C@H]2CCN(C(=O)CCc3ccc(OCc4ccccc4)cc3)C2)cc(=O)o1. The van der Waals surface area contributed by atoms with Gasteiger partial charge in [-0.2, -0.15) is 0 Å². The van der Waals surface area contributed by atoms with Gasteiger partial charge in [-0.05, 0) is 36.6 Å². The van der Waals surface area contributed by atoms with Gasteiger partial charge in [0.15, 0.2) is 0 Å². The molecule has 1 aliphatic rings. The predicted molar refractivity (Wildman–Crippen MR) is 121 cm³/mol. The second-order valence-electron chi connectivity index (χ2n) is 8.01. The Labute approximate surface area is 187 Å². The van der Waals surface area contributed by atoms with Crippen molar-refractivity contribution in [1.82, 2.24) is 4.90 Å². The fourth-order valence-corrected chi connectivity index (χ4v) is 3.79. The number of aryl methyl sites for hydroxylation is 2. The molecule has 32 heavy (non-hydrogen) atoms. The van der Waals surface area contributed by atoms with Crippen LogP contribution in [0.4, 0.5) is 0 Å². The molecule has 1 atom stereocenters. The van der Waals surface area contributed by atoms with E-state index < -0.39 is 5.63 Å². The fraction of sp³-hybridized carbons (Fsp3) is 0.308. The van der Waals surface area contributed by atoms with Gasteiger partial charge in [0.1, 0.15) is 30.0 Å². The summed E-state index contributed by atoms with van der Waals surface area (Å²) in [5, 5.41) is 0. The zero-order valence-electron chi connectivity index (χ0n) is 18.2. The van der Waals surface area contributed by atoms with E-state index in [1.165, 1.54) is 6.07 Å².